The summed E-state index contributed by atoms with van der Waals surface area (Å²) in [4.78, 5) is 183. The lowest BCUT2D eigenvalue weighted by molar-refractivity contribution is -0.734. The van der Waals surface area contributed by atoms with Crippen LogP contribution < -0.4 is 16.0 Å². The van der Waals surface area contributed by atoms with Crippen molar-refractivity contribution in [3.63, 3.8) is 0 Å². The number of likely N-dealkylation sites (N-methyl/N-ethyl adjacent to an activating group) is 7. The third-order valence-corrected chi connectivity index (χ3v) is 19.1. The Bertz CT molecular complexity index is 2830. The van der Waals surface area contributed by atoms with Gasteiger partial charge in [-0.25, -0.2) is 14.1 Å². The number of piperidine rings is 1. The van der Waals surface area contributed by atoms with Crippen molar-refractivity contribution in [1.82, 2.24) is 50.2 Å². The number of methoxy groups -OCH3 is 1. The summed E-state index contributed by atoms with van der Waals surface area (Å²) >= 11 is 0. The topological polar surface area (TPSA) is 273 Å². The van der Waals surface area contributed by atoms with Crippen LogP contribution in [0.1, 0.15) is 156 Å². The SMILES string of the molecule is CC=CCC1CC2C(=O)[N+]3(CC(=O)N(C)C(CCc4ccc(C(=O)OC)cc4)C(=O)N(C)C(CCC(C)C)C(=O)NC(C(C)CC)C(=O)N(C)CC(=O)NC(C)C(=O)NC(C)C(=O)N(C)C(CCC(C)C)C(=O)N(C)C(CCC(C)C)C(=O)N(C)CC(=O)N2C)CC13. The Morgan fingerprint density at radius 2 is 1.11 bits per heavy atom. The average molecular weight is 1290 g/mol. The van der Waals surface area contributed by atoms with Crippen LogP contribution in [0.3, 0.4) is 0 Å². The summed E-state index contributed by atoms with van der Waals surface area (Å²) in [5.41, 5.74) is 1.04. The Morgan fingerprint density at radius 1 is 0.598 bits per heavy atom. The Morgan fingerprint density at radius 3 is 1.64 bits per heavy atom. The number of hydrogen-bond donors (Lipinski definition) is 3. The number of esters is 1. The van der Waals surface area contributed by atoms with Crippen molar-refractivity contribution >= 4 is 70.9 Å². The fraction of sp³-hybridized carbons (Fsp3) is 0.706. The molecule has 92 heavy (non-hydrogen) atoms. The van der Waals surface area contributed by atoms with Crippen molar-refractivity contribution in [2.24, 2.45) is 29.6 Å². The highest BCUT2D eigenvalue weighted by molar-refractivity contribution is 5.98. The van der Waals surface area contributed by atoms with Crippen molar-refractivity contribution in [3.8, 4) is 0 Å². The summed E-state index contributed by atoms with van der Waals surface area (Å²) in [6, 6.07) is -2.75. The molecule has 2 bridgehead atoms. The Labute approximate surface area is 546 Å². The summed E-state index contributed by atoms with van der Waals surface area (Å²) in [6.45, 7) is 19.2. The normalized spacial score (nSPS) is 27.7. The summed E-state index contributed by atoms with van der Waals surface area (Å²) < 4.78 is 4.62. The van der Waals surface area contributed by atoms with Gasteiger partial charge in [0.25, 0.3) is 5.91 Å². The summed E-state index contributed by atoms with van der Waals surface area (Å²) in [5.74, 6) is -7.27. The molecule has 0 aliphatic carbocycles. The Balaban J connectivity index is 1.88. The van der Waals surface area contributed by atoms with E-state index >= 15 is 14.4 Å². The number of ether oxygens (including phenoxy) is 1. The van der Waals surface area contributed by atoms with Crippen molar-refractivity contribution in [1.29, 1.82) is 0 Å². The van der Waals surface area contributed by atoms with E-state index in [0.717, 1.165) is 10.5 Å². The first-order chi connectivity index (χ1) is 43.1. The van der Waals surface area contributed by atoms with Crippen LogP contribution in [-0.4, -0.2) is 247 Å². The molecule has 0 aromatic heterocycles. The highest BCUT2D eigenvalue weighted by atomic mass is 16.5. The predicted octanol–water partition coefficient (Wildman–Crippen LogP) is 4.03. The van der Waals surface area contributed by atoms with Gasteiger partial charge in [-0.1, -0.05) is 86.1 Å². The van der Waals surface area contributed by atoms with E-state index in [1.54, 1.807) is 31.2 Å². The molecule has 3 saturated heterocycles. The summed E-state index contributed by atoms with van der Waals surface area (Å²) in [5, 5.41) is 8.19. The second-order valence-electron chi connectivity index (χ2n) is 27.4. The largest absolute Gasteiger partial charge is 0.465 e. The number of nitrogens with one attached hydrogen (secondary N) is 3. The molecule has 3 N–H and O–H groups in total. The maximum atomic E-state index is 15.4. The minimum absolute atomic E-state index is 0.0468. The molecule has 11 amide bonds. The number of allylic oxidation sites excluding steroid dienone is 2. The number of rotatable bonds is 17. The molecule has 24 heteroatoms. The highest BCUT2D eigenvalue weighted by Gasteiger charge is 2.70. The molecule has 0 radical (unpaired) electrons. The molecule has 0 saturated carbocycles. The van der Waals surface area contributed by atoms with Crippen LogP contribution in [0.15, 0.2) is 36.4 Å². The first-order valence-corrected chi connectivity index (χ1v) is 33.0. The Kier molecular flexibility index (Phi) is 29.0. The van der Waals surface area contributed by atoms with Gasteiger partial charge in [-0.3, -0.25) is 47.9 Å². The monoisotopic (exact) mass is 1290 g/mol. The number of fused-ring (bicyclic) bond motifs is 1. The minimum atomic E-state index is -1.21. The quantitative estimate of drug-likeness (QED) is 0.0862. The van der Waals surface area contributed by atoms with Crippen molar-refractivity contribution < 1.29 is 66.8 Å². The van der Waals surface area contributed by atoms with Crippen molar-refractivity contribution in [3.05, 3.63) is 47.5 Å². The molecular formula is C68H110N11O13+. The van der Waals surface area contributed by atoms with E-state index in [0.29, 0.717) is 44.2 Å². The zero-order valence-electron chi connectivity index (χ0n) is 58.5. The highest BCUT2D eigenvalue weighted by Crippen LogP contribution is 2.47. The fourth-order valence-corrected chi connectivity index (χ4v) is 12.5. The van der Waals surface area contributed by atoms with Crippen LogP contribution in [0.2, 0.25) is 0 Å². The molecular weight excluding hydrogens is 1180 g/mol. The first-order valence-electron chi connectivity index (χ1n) is 33.0. The van der Waals surface area contributed by atoms with E-state index in [1.807, 2.05) is 67.5 Å². The Hall–Kier alpha value is -7.24. The molecule has 12 unspecified atom stereocenters. The third-order valence-electron chi connectivity index (χ3n) is 19.1. The number of carbonyl (C=O) groups excluding carboxylic acids is 12. The molecule has 3 heterocycles. The number of carbonyl (C=O) groups is 12. The minimum Gasteiger partial charge on any atom is -0.465 e. The lowest BCUT2D eigenvalue weighted by Crippen LogP contribution is -2.61. The molecule has 514 valence electrons. The smallest absolute Gasteiger partial charge is 0.337 e. The van der Waals surface area contributed by atoms with E-state index in [-0.39, 0.29) is 85.2 Å². The second kappa shape index (κ2) is 34.6. The maximum absolute atomic E-state index is 15.4. The molecule has 3 fully saturated rings. The average Bonchev–Trinajstić information content (AvgIpc) is 1.54. The van der Waals surface area contributed by atoms with Crippen LogP contribution in [0.25, 0.3) is 0 Å². The van der Waals surface area contributed by atoms with Crippen molar-refractivity contribution in [2.45, 2.75) is 201 Å². The first kappa shape index (κ1) is 77.2. The lowest BCUT2D eigenvalue weighted by atomic mass is 9.88. The summed E-state index contributed by atoms with van der Waals surface area (Å²) in [6.07, 6.45) is 7.57. The molecule has 1 aromatic carbocycles. The van der Waals surface area contributed by atoms with Crippen LogP contribution in [0.5, 0.6) is 0 Å². The van der Waals surface area contributed by atoms with Gasteiger partial charge in [-0.05, 0) is 126 Å². The maximum Gasteiger partial charge on any atom is 0.337 e. The number of hydrogen-bond acceptors (Lipinski definition) is 13. The van der Waals surface area contributed by atoms with E-state index in [1.165, 1.54) is 99.7 Å². The number of benzene rings is 1. The molecule has 12 atom stereocenters. The zero-order valence-corrected chi connectivity index (χ0v) is 58.5. The van der Waals surface area contributed by atoms with Gasteiger partial charge in [-0.2, -0.15) is 0 Å². The summed E-state index contributed by atoms with van der Waals surface area (Å²) in [7, 11) is 11.6. The zero-order chi connectivity index (χ0) is 69.4. The van der Waals surface area contributed by atoms with Crippen molar-refractivity contribution in [2.75, 3.05) is 82.6 Å². The number of amides is 11. The van der Waals surface area contributed by atoms with Gasteiger partial charge in [0.2, 0.25) is 53.2 Å². The third kappa shape index (κ3) is 19.9. The molecule has 1 aromatic rings. The molecule has 24 nitrogen and oxygen atoms in total. The van der Waals surface area contributed by atoms with E-state index < -0.39 is 132 Å². The van der Waals surface area contributed by atoms with Gasteiger partial charge in [-0.15, -0.1) is 0 Å². The fourth-order valence-electron chi connectivity index (χ4n) is 12.5. The van der Waals surface area contributed by atoms with Crippen LogP contribution in [0, 0.1) is 29.6 Å². The van der Waals surface area contributed by atoms with Gasteiger partial charge in [0.1, 0.15) is 60.9 Å². The van der Waals surface area contributed by atoms with Gasteiger partial charge in [0, 0.05) is 55.3 Å². The number of aryl methyl sites for hydroxylation is 1. The van der Waals surface area contributed by atoms with Crippen LogP contribution >= 0.6 is 0 Å². The number of nitrogens with zero attached hydrogens (tertiary/aromatic N) is 8. The van der Waals surface area contributed by atoms with E-state index in [2.05, 4.69) is 16.0 Å². The predicted molar refractivity (Wildman–Crippen MR) is 349 cm³/mol. The molecule has 3 aliphatic heterocycles. The second-order valence-corrected chi connectivity index (χ2v) is 27.4. The molecule has 3 aliphatic rings. The van der Waals surface area contributed by atoms with Crippen LogP contribution in [-0.2, 0) is 63.9 Å². The molecule has 1 spiro atoms. The van der Waals surface area contributed by atoms with Gasteiger partial charge in [0.15, 0.2) is 6.54 Å². The van der Waals surface area contributed by atoms with Crippen LogP contribution in [0.4, 0.5) is 0 Å². The van der Waals surface area contributed by atoms with E-state index in [4.69, 9.17) is 4.74 Å². The van der Waals surface area contributed by atoms with Gasteiger partial charge in [0.05, 0.1) is 25.8 Å². The van der Waals surface area contributed by atoms with Gasteiger partial charge >= 0.3 is 11.9 Å². The standard InChI is InChI=1S/C68H109N11O13/c1-20-22-23-49-36-54-67(90)79(39-55(49)79)40-58(82)74(14)52(35-29-47-27-30-48(31-28-47)68(91)92-19)64(87)76(16)50(32-24-41(3)4)61(84)71-59(44(9)21-2)66(89)72(12)37-56(80)69-45(10)60(83)70-46(11)62(85)77(17)53(34-26-43(7)8)65(88)78(18)51(33-25-42(5)6)63(86)73(13)38-57(81)75(54)15/h20,22,27-28,30-31,41-46,49-55,59H,21,23-26,29,32-40H2,1-19H3,(H2-,69,70,71,80,83,84)/p+1. The number of quaternary nitrogens is 1. The van der Waals surface area contributed by atoms with Gasteiger partial charge < -0.3 is 55.0 Å². The molecule has 4 rings (SSSR count). The lowest BCUT2D eigenvalue weighted by Gasteiger charge is -2.39. The van der Waals surface area contributed by atoms with E-state index in [9.17, 15) is 43.2 Å².